The summed E-state index contributed by atoms with van der Waals surface area (Å²) in [7, 11) is 0. The van der Waals surface area contributed by atoms with Gasteiger partial charge < -0.3 is 14.8 Å². The van der Waals surface area contributed by atoms with E-state index in [1.54, 1.807) is 48.5 Å². The van der Waals surface area contributed by atoms with Crippen molar-refractivity contribution in [1.29, 1.82) is 0 Å². The lowest BCUT2D eigenvalue weighted by Gasteiger charge is -2.27. The van der Waals surface area contributed by atoms with Crippen molar-refractivity contribution < 1.29 is 23.9 Å². The monoisotopic (exact) mass is 463 g/mol. The van der Waals surface area contributed by atoms with Gasteiger partial charge in [0, 0.05) is 5.56 Å². The predicted octanol–water partition coefficient (Wildman–Crippen LogP) is 3.25. The largest absolute Gasteiger partial charge is 0.486 e. The summed E-state index contributed by atoms with van der Waals surface area (Å²) < 4.78 is 11.0. The first-order chi connectivity index (χ1) is 16.0. The average Bonchev–Trinajstić information content (AvgIpc) is 3.10. The van der Waals surface area contributed by atoms with Crippen LogP contribution in [0.1, 0.15) is 21.5 Å². The summed E-state index contributed by atoms with van der Waals surface area (Å²) in [4.78, 5) is 39.6. The maximum absolute atomic E-state index is 13.7. The number of hydrogen-bond acceptors (Lipinski definition) is 5. The minimum absolute atomic E-state index is 0.113. The number of carbonyl (C=O) groups is 3. The van der Waals surface area contributed by atoms with E-state index in [2.05, 4.69) is 10.7 Å². The quantitative estimate of drug-likeness (QED) is 0.579. The van der Waals surface area contributed by atoms with Gasteiger partial charge in [-0.25, -0.2) is 4.79 Å². The molecule has 3 aromatic carbocycles. The molecule has 4 amide bonds. The smallest absolute Gasteiger partial charge is 0.344 e. The van der Waals surface area contributed by atoms with Crippen molar-refractivity contribution in [2.75, 3.05) is 13.2 Å². The summed E-state index contributed by atoms with van der Waals surface area (Å²) in [5, 5.41) is 3.65. The number of urea groups is 1. The lowest BCUT2D eigenvalue weighted by Crippen LogP contribution is -2.49. The van der Waals surface area contributed by atoms with E-state index in [1.807, 2.05) is 12.1 Å². The first kappa shape index (κ1) is 20.8. The average molecular weight is 464 g/mol. The van der Waals surface area contributed by atoms with E-state index in [4.69, 9.17) is 21.1 Å². The molecule has 0 bridgehead atoms. The Morgan fingerprint density at radius 2 is 1.55 bits per heavy atom. The molecule has 0 radical (unpaired) electrons. The number of hydrogen-bond donors (Lipinski definition) is 2. The van der Waals surface area contributed by atoms with Crippen LogP contribution < -0.4 is 20.2 Å². The van der Waals surface area contributed by atoms with E-state index in [1.165, 1.54) is 12.1 Å². The van der Waals surface area contributed by atoms with Crippen molar-refractivity contribution in [1.82, 2.24) is 15.8 Å². The van der Waals surface area contributed by atoms with E-state index in [-0.39, 0.29) is 10.6 Å². The normalized spacial score (nSPS) is 16.3. The molecule has 0 atom stereocenters. The molecule has 8 nitrogen and oxygen atoms in total. The highest BCUT2D eigenvalue weighted by Gasteiger charge is 2.54. The molecule has 0 unspecified atom stereocenters. The first-order valence-electron chi connectivity index (χ1n) is 10.2. The summed E-state index contributed by atoms with van der Waals surface area (Å²) in [6.45, 7) is 0.667. The summed E-state index contributed by atoms with van der Waals surface area (Å²) in [5.41, 5.74) is 2.15. The third-order valence-corrected chi connectivity index (χ3v) is 5.79. The Bertz CT molecular complexity index is 1210. The van der Waals surface area contributed by atoms with Crippen LogP contribution in [-0.2, 0) is 10.3 Å². The van der Waals surface area contributed by atoms with Gasteiger partial charge in [-0.15, -0.1) is 0 Å². The van der Waals surface area contributed by atoms with E-state index < -0.39 is 23.4 Å². The number of fused-ring (bicyclic) bond motifs is 1. The predicted molar refractivity (Wildman–Crippen MR) is 119 cm³/mol. The number of rotatable bonds is 4. The van der Waals surface area contributed by atoms with Gasteiger partial charge in [0.05, 0.1) is 5.02 Å². The highest BCUT2D eigenvalue weighted by atomic mass is 35.5. The third-order valence-electron chi connectivity index (χ3n) is 5.51. The van der Waals surface area contributed by atoms with Crippen molar-refractivity contribution in [3.63, 3.8) is 0 Å². The Morgan fingerprint density at radius 1 is 0.939 bits per heavy atom. The van der Waals surface area contributed by atoms with E-state index in [9.17, 15) is 14.4 Å². The molecular formula is C24H18ClN3O5. The summed E-state index contributed by atoms with van der Waals surface area (Å²) >= 11 is 6.23. The van der Waals surface area contributed by atoms with Crippen LogP contribution in [-0.4, -0.2) is 36.1 Å². The molecule has 2 heterocycles. The Balaban J connectivity index is 1.49. The minimum Gasteiger partial charge on any atom is -0.486 e. The van der Waals surface area contributed by atoms with E-state index >= 15 is 0 Å². The number of carbonyl (C=O) groups excluding carboxylic acids is 3. The molecule has 2 aliphatic rings. The van der Waals surface area contributed by atoms with Gasteiger partial charge in [-0.1, -0.05) is 72.3 Å². The van der Waals surface area contributed by atoms with Crippen LogP contribution in [0.5, 0.6) is 11.5 Å². The van der Waals surface area contributed by atoms with Crippen molar-refractivity contribution in [3.8, 4) is 11.5 Å². The Morgan fingerprint density at radius 3 is 2.18 bits per heavy atom. The van der Waals surface area contributed by atoms with Crippen molar-refractivity contribution in [2.24, 2.45) is 0 Å². The van der Waals surface area contributed by atoms with Gasteiger partial charge in [0.1, 0.15) is 13.2 Å². The molecule has 33 heavy (non-hydrogen) atoms. The lowest BCUT2D eigenvalue weighted by molar-refractivity contribution is -0.131. The zero-order valence-electron chi connectivity index (χ0n) is 17.2. The van der Waals surface area contributed by atoms with Crippen LogP contribution in [0.25, 0.3) is 0 Å². The second-order valence-electron chi connectivity index (χ2n) is 7.48. The van der Waals surface area contributed by atoms with Gasteiger partial charge in [-0.3, -0.25) is 15.0 Å². The molecule has 166 valence electrons. The molecule has 1 saturated heterocycles. The number of ether oxygens (including phenoxy) is 2. The Labute approximate surface area is 194 Å². The van der Waals surface area contributed by atoms with Gasteiger partial charge in [-0.2, -0.15) is 5.01 Å². The molecule has 0 aromatic heterocycles. The number of nitrogens with zero attached hydrogens (tertiary/aromatic N) is 1. The van der Waals surface area contributed by atoms with Crippen molar-refractivity contribution in [2.45, 2.75) is 5.54 Å². The second kappa shape index (κ2) is 8.14. The summed E-state index contributed by atoms with van der Waals surface area (Å²) in [6.07, 6.45) is 0. The molecular weight excluding hydrogens is 446 g/mol. The number of nitrogens with one attached hydrogen (secondary N) is 2. The fourth-order valence-corrected chi connectivity index (χ4v) is 4.24. The fraction of sp³-hybridized carbons (Fsp3) is 0.125. The number of halogens is 1. The zero-order valence-corrected chi connectivity index (χ0v) is 18.0. The summed E-state index contributed by atoms with van der Waals surface area (Å²) in [5.74, 6) is -0.670. The lowest BCUT2D eigenvalue weighted by atomic mass is 9.83. The van der Waals surface area contributed by atoms with Crippen LogP contribution in [0.2, 0.25) is 5.02 Å². The Hall–Kier alpha value is -4.04. The molecule has 9 heteroatoms. The van der Waals surface area contributed by atoms with Gasteiger partial charge in [0.15, 0.2) is 17.0 Å². The minimum atomic E-state index is -1.49. The van der Waals surface area contributed by atoms with Crippen LogP contribution in [0.3, 0.4) is 0 Å². The Kier molecular flexibility index (Phi) is 5.14. The molecule has 0 saturated carbocycles. The maximum Gasteiger partial charge on any atom is 0.344 e. The van der Waals surface area contributed by atoms with Crippen LogP contribution in [0.4, 0.5) is 4.79 Å². The van der Waals surface area contributed by atoms with Crippen LogP contribution >= 0.6 is 11.6 Å². The fourth-order valence-electron chi connectivity index (χ4n) is 3.97. The first-order valence-corrected chi connectivity index (χ1v) is 10.6. The number of amides is 4. The highest BCUT2D eigenvalue weighted by Crippen LogP contribution is 2.39. The molecule has 1 fully saturated rings. The molecule has 2 aliphatic heterocycles. The number of imide groups is 1. The second-order valence-corrected chi connectivity index (χ2v) is 7.88. The van der Waals surface area contributed by atoms with E-state index in [0.29, 0.717) is 40.8 Å². The van der Waals surface area contributed by atoms with Gasteiger partial charge in [0.2, 0.25) is 0 Å². The maximum atomic E-state index is 13.7. The van der Waals surface area contributed by atoms with Crippen molar-refractivity contribution in [3.05, 3.63) is 94.5 Å². The topological polar surface area (TPSA) is 97.0 Å². The molecule has 3 aromatic rings. The number of hydrazine groups is 1. The van der Waals surface area contributed by atoms with Crippen molar-refractivity contribution >= 4 is 29.4 Å². The standard InChI is InChI=1S/C24H18ClN3O5/c25-18-13-15(14-19-20(18)33-12-11-32-19)21(29)27-28-22(30)24(26-23(28)31,16-7-3-1-4-8-16)17-9-5-2-6-10-17/h1-10,13-14H,11-12H2,(H,26,31)(H,27,29). The SMILES string of the molecule is O=C(NN1C(=O)NC(c2ccccc2)(c2ccccc2)C1=O)c1cc(Cl)c2c(c1)OCCO2. The van der Waals surface area contributed by atoms with E-state index in [0.717, 1.165) is 0 Å². The zero-order chi connectivity index (χ0) is 23.0. The van der Waals surface area contributed by atoms with Crippen LogP contribution in [0.15, 0.2) is 72.8 Å². The third kappa shape index (κ3) is 3.44. The summed E-state index contributed by atoms with van der Waals surface area (Å²) in [6, 6.07) is 19.8. The highest BCUT2D eigenvalue weighted by molar-refractivity contribution is 6.32. The number of benzene rings is 3. The van der Waals surface area contributed by atoms with Gasteiger partial charge in [0.25, 0.3) is 11.8 Å². The van der Waals surface area contributed by atoms with Gasteiger partial charge in [-0.05, 0) is 23.3 Å². The molecule has 2 N–H and O–H groups in total. The molecule has 5 rings (SSSR count). The van der Waals surface area contributed by atoms with Gasteiger partial charge >= 0.3 is 6.03 Å². The molecule has 0 aliphatic carbocycles. The van der Waals surface area contributed by atoms with Crippen LogP contribution in [0, 0.1) is 0 Å². The molecule has 0 spiro atoms.